The lowest BCUT2D eigenvalue weighted by atomic mass is 9.82. The molecule has 0 aromatic carbocycles. The van der Waals surface area contributed by atoms with Gasteiger partial charge in [-0.25, -0.2) is 9.97 Å². The monoisotopic (exact) mass is 323 g/mol. The Morgan fingerprint density at radius 3 is 2.61 bits per heavy atom. The number of nitrogens with zero attached hydrogens (tertiary/aromatic N) is 3. The van der Waals surface area contributed by atoms with Crippen LogP contribution in [0.3, 0.4) is 0 Å². The van der Waals surface area contributed by atoms with Crippen molar-refractivity contribution in [3.63, 3.8) is 0 Å². The summed E-state index contributed by atoms with van der Waals surface area (Å²) < 4.78 is 5.46. The smallest absolute Gasteiger partial charge is 0.290 e. The van der Waals surface area contributed by atoms with Gasteiger partial charge in [0.05, 0.1) is 36.8 Å². The van der Waals surface area contributed by atoms with E-state index in [2.05, 4.69) is 9.97 Å². The molecule has 0 spiro atoms. The van der Waals surface area contributed by atoms with Crippen molar-refractivity contribution in [1.82, 2.24) is 14.9 Å². The van der Waals surface area contributed by atoms with Gasteiger partial charge in [-0.3, -0.25) is 9.59 Å². The minimum atomic E-state index is -0.285. The number of carbonyl (C=O) groups is 2. The zero-order valence-corrected chi connectivity index (χ0v) is 13.2. The molecule has 2 N–H and O–H groups in total. The van der Waals surface area contributed by atoms with Gasteiger partial charge in [0, 0.05) is 24.4 Å². The summed E-state index contributed by atoms with van der Waals surface area (Å²) in [5, 5.41) is 16.6. The molecule has 1 aromatic rings. The van der Waals surface area contributed by atoms with Crippen LogP contribution in [0.4, 0.5) is 0 Å². The first-order valence-electron chi connectivity index (χ1n) is 7.33. The van der Waals surface area contributed by atoms with E-state index in [9.17, 15) is 9.90 Å². The molecule has 23 heavy (non-hydrogen) atoms. The maximum absolute atomic E-state index is 12.7. The molecule has 2 fully saturated rings. The van der Waals surface area contributed by atoms with Crippen molar-refractivity contribution in [2.75, 3.05) is 32.9 Å². The van der Waals surface area contributed by atoms with Crippen LogP contribution in [0.15, 0.2) is 6.33 Å². The van der Waals surface area contributed by atoms with Gasteiger partial charge in [0.15, 0.2) is 0 Å². The molecule has 1 amide bonds. The van der Waals surface area contributed by atoms with Gasteiger partial charge in [0.1, 0.15) is 6.33 Å². The average Bonchev–Trinajstić information content (AvgIpc) is 3.04. The van der Waals surface area contributed by atoms with Gasteiger partial charge in [-0.05, 0) is 13.8 Å². The predicted molar refractivity (Wildman–Crippen MR) is 79.9 cm³/mol. The SMILES string of the molecule is Cc1ncnc(C)c1C(=O)N1C[C@H]2COC[C@@]2(CO)C1.O=CO. The highest BCUT2D eigenvalue weighted by Gasteiger charge is 2.51. The second kappa shape index (κ2) is 7.01. The van der Waals surface area contributed by atoms with Gasteiger partial charge in [-0.15, -0.1) is 0 Å². The lowest BCUT2D eigenvalue weighted by molar-refractivity contribution is -0.122. The first-order chi connectivity index (χ1) is 11.0. The van der Waals surface area contributed by atoms with E-state index in [0.717, 1.165) is 0 Å². The van der Waals surface area contributed by atoms with Crippen molar-refractivity contribution in [2.45, 2.75) is 13.8 Å². The Labute approximate surface area is 134 Å². The van der Waals surface area contributed by atoms with Crippen LogP contribution in [0.25, 0.3) is 0 Å². The summed E-state index contributed by atoms with van der Waals surface area (Å²) in [6.07, 6.45) is 1.48. The fraction of sp³-hybridized carbons (Fsp3) is 0.600. The summed E-state index contributed by atoms with van der Waals surface area (Å²) in [5.41, 5.74) is 1.71. The number of fused-ring (bicyclic) bond motifs is 1. The Morgan fingerprint density at radius 1 is 1.48 bits per heavy atom. The van der Waals surface area contributed by atoms with Gasteiger partial charge in [0.2, 0.25) is 0 Å². The number of rotatable bonds is 2. The van der Waals surface area contributed by atoms with Crippen molar-refractivity contribution in [1.29, 1.82) is 0 Å². The van der Waals surface area contributed by atoms with E-state index < -0.39 is 0 Å². The molecule has 8 nitrogen and oxygen atoms in total. The zero-order valence-electron chi connectivity index (χ0n) is 13.2. The Balaban J connectivity index is 0.000000595. The number of aliphatic hydroxyl groups is 1. The minimum absolute atomic E-state index is 0.0391. The molecule has 2 saturated heterocycles. The van der Waals surface area contributed by atoms with Gasteiger partial charge >= 0.3 is 0 Å². The first-order valence-corrected chi connectivity index (χ1v) is 7.33. The largest absolute Gasteiger partial charge is 0.483 e. The highest BCUT2D eigenvalue weighted by molar-refractivity contribution is 5.96. The predicted octanol–water partition coefficient (Wildman–Crippen LogP) is -0.125. The van der Waals surface area contributed by atoms with E-state index in [1.54, 1.807) is 0 Å². The maximum Gasteiger partial charge on any atom is 0.290 e. The number of ether oxygens (including phenoxy) is 1. The van der Waals surface area contributed by atoms with Crippen LogP contribution in [0.2, 0.25) is 0 Å². The third kappa shape index (κ3) is 3.18. The number of hydrogen-bond acceptors (Lipinski definition) is 6. The summed E-state index contributed by atoms with van der Waals surface area (Å²) in [7, 11) is 0. The van der Waals surface area contributed by atoms with E-state index in [0.29, 0.717) is 43.3 Å². The van der Waals surface area contributed by atoms with Crippen molar-refractivity contribution >= 4 is 12.4 Å². The number of amides is 1. The molecule has 0 aliphatic carbocycles. The van der Waals surface area contributed by atoms with Gasteiger partial charge in [-0.1, -0.05) is 0 Å². The summed E-state index contributed by atoms with van der Waals surface area (Å²) in [4.78, 5) is 31.1. The Hall–Kier alpha value is -2.06. The van der Waals surface area contributed by atoms with Crippen molar-refractivity contribution in [3.05, 3.63) is 23.3 Å². The lowest BCUT2D eigenvalue weighted by Crippen LogP contribution is -2.36. The van der Waals surface area contributed by atoms with Gasteiger partial charge < -0.3 is 19.8 Å². The lowest BCUT2D eigenvalue weighted by Gasteiger charge is -2.24. The van der Waals surface area contributed by atoms with Crippen LogP contribution in [0, 0.1) is 25.2 Å². The summed E-state index contributed by atoms with van der Waals surface area (Å²) in [5.74, 6) is 0.185. The highest BCUT2D eigenvalue weighted by atomic mass is 16.5. The van der Waals surface area contributed by atoms with Crippen LogP contribution >= 0.6 is 0 Å². The van der Waals surface area contributed by atoms with Crippen molar-refractivity contribution in [3.8, 4) is 0 Å². The first kappa shape index (κ1) is 17.3. The van der Waals surface area contributed by atoms with E-state index in [-0.39, 0.29) is 30.3 Å². The van der Waals surface area contributed by atoms with E-state index >= 15 is 0 Å². The molecule has 2 aliphatic heterocycles. The van der Waals surface area contributed by atoms with E-state index in [4.69, 9.17) is 14.6 Å². The van der Waals surface area contributed by atoms with Crippen LogP contribution in [-0.4, -0.2) is 70.4 Å². The minimum Gasteiger partial charge on any atom is -0.483 e. The molecule has 3 rings (SSSR count). The van der Waals surface area contributed by atoms with Crippen molar-refractivity contribution in [2.24, 2.45) is 11.3 Å². The second-order valence-electron chi connectivity index (χ2n) is 5.94. The average molecular weight is 323 g/mol. The number of hydrogen-bond donors (Lipinski definition) is 2. The normalized spacial score (nSPS) is 25.5. The standard InChI is InChI=1S/C14H19N3O3.CH2O2/c1-9-12(10(2)16-8-15-9)13(19)17-3-11-4-20-7-14(11,5-17)6-18;2-1-3/h8,11,18H,3-7H2,1-2H3;1H,(H,2,3)/t11-,14-;/m0./s1. The number of aliphatic hydroxyl groups excluding tert-OH is 1. The second-order valence-corrected chi connectivity index (χ2v) is 5.94. The third-order valence-corrected chi connectivity index (χ3v) is 4.56. The Morgan fingerprint density at radius 2 is 2.09 bits per heavy atom. The van der Waals surface area contributed by atoms with Crippen molar-refractivity contribution < 1.29 is 24.5 Å². The summed E-state index contributed by atoms with van der Waals surface area (Å²) in [6, 6.07) is 0. The van der Waals surface area contributed by atoms with Gasteiger partial charge in [0.25, 0.3) is 12.4 Å². The zero-order chi connectivity index (χ0) is 17.0. The maximum atomic E-state index is 12.7. The number of carbonyl (C=O) groups excluding carboxylic acids is 1. The fourth-order valence-corrected chi connectivity index (χ4v) is 3.27. The van der Waals surface area contributed by atoms with Gasteiger partial charge in [-0.2, -0.15) is 0 Å². The number of likely N-dealkylation sites (tertiary alicyclic amines) is 1. The third-order valence-electron chi connectivity index (χ3n) is 4.56. The number of aryl methyl sites for hydroxylation is 2. The summed E-state index contributed by atoms with van der Waals surface area (Å²) >= 11 is 0. The molecule has 2 aliphatic rings. The molecule has 0 unspecified atom stereocenters. The van der Waals surface area contributed by atoms with E-state index in [1.165, 1.54) is 6.33 Å². The number of aromatic nitrogens is 2. The Bertz CT molecular complexity index is 574. The van der Waals surface area contributed by atoms with Crippen LogP contribution < -0.4 is 0 Å². The van der Waals surface area contributed by atoms with Crippen LogP contribution in [0.1, 0.15) is 21.7 Å². The molecule has 126 valence electrons. The molecule has 3 heterocycles. The molecule has 0 radical (unpaired) electrons. The molecule has 0 saturated carbocycles. The highest BCUT2D eigenvalue weighted by Crippen LogP contribution is 2.41. The molecular weight excluding hydrogens is 302 g/mol. The Kier molecular flexibility index (Phi) is 5.27. The quantitative estimate of drug-likeness (QED) is 0.729. The topological polar surface area (TPSA) is 113 Å². The number of carboxylic acid groups (broad SMARTS) is 1. The molecule has 1 aromatic heterocycles. The van der Waals surface area contributed by atoms with Crippen LogP contribution in [0.5, 0.6) is 0 Å². The van der Waals surface area contributed by atoms with E-state index in [1.807, 2.05) is 18.7 Å². The molecule has 2 atom stereocenters. The van der Waals surface area contributed by atoms with Crippen LogP contribution in [-0.2, 0) is 9.53 Å². The molecular formula is C15H21N3O5. The molecule has 8 heteroatoms. The fourth-order valence-electron chi connectivity index (χ4n) is 3.27. The summed E-state index contributed by atoms with van der Waals surface area (Å²) in [6.45, 7) is 5.78. The molecule has 0 bridgehead atoms.